The lowest BCUT2D eigenvalue weighted by atomic mass is 10.1. The van der Waals surface area contributed by atoms with Gasteiger partial charge in [-0.15, -0.1) is 17.0 Å². The summed E-state index contributed by atoms with van der Waals surface area (Å²) in [6.45, 7) is 0. The summed E-state index contributed by atoms with van der Waals surface area (Å²) in [5.41, 5.74) is 6.98. The molecule has 0 spiro atoms. The average molecular weight is 757 g/mol. The van der Waals surface area contributed by atoms with Gasteiger partial charge in [-0.1, -0.05) is 137 Å². The van der Waals surface area contributed by atoms with Gasteiger partial charge in [-0.05, 0) is 46.5 Å². The highest BCUT2D eigenvalue weighted by Gasteiger charge is 2.05. The minimum absolute atomic E-state index is 0. The average Bonchev–Trinajstić information content (AvgIpc) is 3.80. The first-order valence-electron chi connectivity index (χ1n) is 15.1. The molecule has 0 saturated heterocycles. The Morgan fingerprint density at radius 1 is 0.458 bits per heavy atom. The first kappa shape index (κ1) is 33.9. The van der Waals surface area contributed by atoms with Gasteiger partial charge < -0.3 is 0 Å². The van der Waals surface area contributed by atoms with Crippen molar-refractivity contribution in [3.63, 3.8) is 0 Å². The Balaban J connectivity index is 0.000000154. The minimum atomic E-state index is 0. The van der Waals surface area contributed by atoms with Crippen molar-refractivity contribution in [3.8, 4) is 11.3 Å². The Hall–Kier alpha value is -5.44. The second-order valence-corrected chi connectivity index (χ2v) is 11.3. The van der Waals surface area contributed by atoms with E-state index in [1.54, 1.807) is 18.6 Å². The molecule has 0 aliphatic carbocycles. The highest BCUT2D eigenvalue weighted by molar-refractivity contribution is 9.10. The number of nitrogens with zero attached hydrogens (tertiary/aromatic N) is 6. The maximum absolute atomic E-state index is 4.33. The summed E-state index contributed by atoms with van der Waals surface area (Å²) < 4.78 is 4.97. The molecule has 0 fully saturated rings. The van der Waals surface area contributed by atoms with Crippen LogP contribution in [0.2, 0.25) is 0 Å². The van der Waals surface area contributed by atoms with Crippen LogP contribution in [0, 0.1) is 0 Å². The van der Waals surface area contributed by atoms with Crippen molar-refractivity contribution < 1.29 is 0 Å². The molecule has 236 valence electrons. The zero-order valence-electron chi connectivity index (χ0n) is 25.9. The van der Waals surface area contributed by atoms with E-state index in [1.165, 1.54) is 22.3 Å². The third-order valence-corrected chi connectivity index (χ3v) is 7.60. The van der Waals surface area contributed by atoms with Crippen molar-refractivity contribution in [2.75, 3.05) is 0 Å². The van der Waals surface area contributed by atoms with E-state index >= 15 is 0 Å². The van der Waals surface area contributed by atoms with Gasteiger partial charge in [-0.2, -0.15) is 0 Å². The van der Waals surface area contributed by atoms with E-state index < -0.39 is 0 Å². The number of imidazole rings is 2. The molecule has 0 bridgehead atoms. The molecule has 0 saturated carbocycles. The van der Waals surface area contributed by atoms with E-state index in [1.807, 2.05) is 94.3 Å². The molecule has 8 aromatic rings. The Kier molecular flexibility index (Phi) is 12.3. The molecule has 0 atom stereocenters. The van der Waals surface area contributed by atoms with Gasteiger partial charge in [-0.25, -0.2) is 19.9 Å². The number of halogens is 2. The van der Waals surface area contributed by atoms with Crippen LogP contribution in [0.1, 0.15) is 22.3 Å². The summed E-state index contributed by atoms with van der Waals surface area (Å²) in [5, 5.41) is 0. The lowest BCUT2D eigenvalue weighted by molar-refractivity contribution is 1.11. The van der Waals surface area contributed by atoms with Gasteiger partial charge in [0.05, 0.1) is 11.9 Å². The standard InChI is InChI=1S/C20H15N3.C14H11Br.C6H5N3.BrH/c1-2-5-16(6-3-1)7-8-17-9-11-18(12-10-17)19-15-22-20-21-13-4-14-23(19)20;15-14-10-8-13(9-11-14)7-6-12-4-2-1-3-5-12;1-2-7-6-8-3-5-9(6)4-1;/h1-15H;1-11H;1-5H;1H/b8-7+;7-6+;;. The minimum Gasteiger partial charge on any atom is -0.291 e. The predicted molar refractivity (Wildman–Crippen MR) is 207 cm³/mol. The summed E-state index contributed by atoms with van der Waals surface area (Å²) >= 11 is 3.42. The highest BCUT2D eigenvalue weighted by atomic mass is 79.9. The number of rotatable bonds is 5. The largest absolute Gasteiger partial charge is 0.291 e. The number of aromatic nitrogens is 6. The first-order valence-corrected chi connectivity index (χ1v) is 15.8. The quantitative estimate of drug-likeness (QED) is 0.164. The third-order valence-electron chi connectivity index (χ3n) is 7.07. The van der Waals surface area contributed by atoms with E-state index in [-0.39, 0.29) is 17.0 Å². The van der Waals surface area contributed by atoms with Gasteiger partial charge in [-0.3, -0.25) is 8.80 Å². The molecule has 6 nitrogen and oxygen atoms in total. The summed E-state index contributed by atoms with van der Waals surface area (Å²) in [6.07, 6.45) is 21.3. The molecule has 0 N–H and O–H groups in total. The Labute approximate surface area is 298 Å². The maximum atomic E-state index is 4.33. The fraction of sp³-hybridized carbons (Fsp3) is 0. The predicted octanol–water partition coefficient (Wildman–Crippen LogP) is 10.5. The highest BCUT2D eigenvalue weighted by Crippen LogP contribution is 2.21. The second-order valence-electron chi connectivity index (χ2n) is 10.3. The zero-order valence-corrected chi connectivity index (χ0v) is 29.2. The summed E-state index contributed by atoms with van der Waals surface area (Å²) in [4.78, 5) is 16.5. The Bertz CT molecular complexity index is 2160. The molecule has 0 unspecified atom stereocenters. The summed E-state index contributed by atoms with van der Waals surface area (Å²) in [6, 6.07) is 41.1. The Morgan fingerprint density at radius 2 is 0.958 bits per heavy atom. The van der Waals surface area contributed by atoms with E-state index in [0.717, 1.165) is 27.3 Å². The van der Waals surface area contributed by atoms with E-state index in [2.05, 4.69) is 121 Å². The monoisotopic (exact) mass is 754 g/mol. The smallest absolute Gasteiger partial charge is 0.234 e. The fourth-order valence-corrected chi connectivity index (χ4v) is 4.92. The zero-order chi connectivity index (χ0) is 32.1. The van der Waals surface area contributed by atoms with Crippen LogP contribution < -0.4 is 0 Å². The van der Waals surface area contributed by atoms with Crippen LogP contribution in [0.4, 0.5) is 0 Å². The van der Waals surface area contributed by atoms with Crippen LogP contribution >= 0.6 is 32.9 Å². The molecule has 48 heavy (non-hydrogen) atoms. The molecule has 0 radical (unpaired) electrons. The van der Waals surface area contributed by atoms with Gasteiger partial charge in [0.15, 0.2) is 0 Å². The molecule has 0 amide bonds. The molecule has 0 aliphatic heterocycles. The molecule has 4 heterocycles. The van der Waals surface area contributed by atoms with Gasteiger partial charge in [0.2, 0.25) is 11.6 Å². The molecule has 4 aromatic heterocycles. The number of fused-ring (bicyclic) bond motifs is 2. The van der Waals surface area contributed by atoms with Crippen molar-refractivity contribution >= 4 is 68.8 Å². The molecule has 8 heteroatoms. The van der Waals surface area contributed by atoms with Crippen molar-refractivity contribution in [1.82, 2.24) is 28.7 Å². The second kappa shape index (κ2) is 17.5. The topological polar surface area (TPSA) is 60.4 Å². The third kappa shape index (κ3) is 9.54. The van der Waals surface area contributed by atoms with Gasteiger partial charge in [0.25, 0.3) is 0 Å². The number of hydrogen-bond acceptors (Lipinski definition) is 4. The SMILES string of the molecule is Br.Brc1ccc(/C=C/c2ccccc2)cc1.C(=C\c1ccc(-c2cnc3ncccn23)cc1)/c1ccccc1.c1cnc2nccn2c1. The van der Waals surface area contributed by atoms with Crippen molar-refractivity contribution in [1.29, 1.82) is 0 Å². The van der Waals surface area contributed by atoms with Crippen LogP contribution in [0.5, 0.6) is 0 Å². The van der Waals surface area contributed by atoms with Gasteiger partial charge in [0, 0.05) is 47.2 Å². The van der Waals surface area contributed by atoms with Crippen LogP contribution in [-0.2, 0) is 0 Å². The van der Waals surface area contributed by atoms with E-state index in [4.69, 9.17) is 0 Å². The summed E-state index contributed by atoms with van der Waals surface area (Å²) in [5.74, 6) is 1.47. The lowest BCUT2D eigenvalue weighted by Crippen LogP contribution is -1.89. The molecular weight excluding hydrogens is 724 g/mol. The van der Waals surface area contributed by atoms with Gasteiger partial charge in [0.1, 0.15) is 0 Å². The van der Waals surface area contributed by atoms with Crippen LogP contribution in [-0.4, -0.2) is 28.7 Å². The Morgan fingerprint density at radius 3 is 1.54 bits per heavy atom. The van der Waals surface area contributed by atoms with Gasteiger partial charge >= 0.3 is 0 Å². The van der Waals surface area contributed by atoms with Crippen molar-refractivity contribution in [2.24, 2.45) is 0 Å². The summed E-state index contributed by atoms with van der Waals surface area (Å²) in [7, 11) is 0. The molecular formula is C40H32Br2N6. The van der Waals surface area contributed by atoms with Crippen LogP contribution in [0.15, 0.2) is 169 Å². The number of hydrogen-bond donors (Lipinski definition) is 0. The fourth-order valence-electron chi connectivity index (χ4n) is 4.66. The molecule has 0 aliphatic rings. The first-order chi connectivity index (χ1) is 23.2. The molecule has 4 aromatic carbocycles. The lowest BCUT2D eigenvalue weighted by Gasteiger charge is -2.02. The maximum Gasteiger partial charge on any atom is 0.234 e. The normalized spacial score (nSPS) is 10.7. The van der Waals surface area contributed by atoms with Crippen LogP contribution in [0.25, 0.3) is 47.1 Å². The van der Waals surface area contributed by atoms with Crippen molar-refractivity contribution in [3.05, 3.63) is 191 Å². The van der Waals surface area contributed by atoms with E-state index in [9.17, 15) is 0 Å². The van der Waals surface area contributed by atoms with E-state index in [0.29, 0.717) is 0 Å². The van der Waals surface area contributed by atoms with Crippen molar-refractivity contribution in [2.45, 2.75) is 0 Å². The molecule has 8 rings (SSSR count). The number of benzene rings is 4. The van der Waals surface area contributed by atoms with Crippen LogP contribution in [0.3, 0.4) is 0 Å².